The molecule has 4 N–H and O–H groups in total. The van der Waals surface area contributed by atoms with Crippen LogP contribution in [-0.4, -0.2) is 43.5 Å². The van der Waals surface area contributed by atoms with E-state index in [1.165, 1.54) is 5.56 Å². The molecule has 7 nitrogen and oxygen atoms in total. The van der Waals surface area contributed by atoms with E-state index in [9.17, 15) is 4.79 Å². The lowest BCUT2D eigenvalue weighted by Gasteiger charge is -2.32. The van der Waals surface area contributed by atoms with E-state index in [2.05, 4.69) is 55.8 Å². The van der Waals surface area contributed by atoms with Gasteiger partial charge in [0, 0.05) is 50.9 Å². The lowest BCUT2D eigenvalue weighted by molar-refractivity contribution is -0.122. The molecule has 0 radical (unpaired) electrons. The van der Waals surface area contributed by atoms with Gasteiger partial charge in [-0.1, -0.05) is 36.4 Å². The number of nitrogens with one attached hydrogen (secondary N) is 2. The van der Waals surface area contributed by atoms with Crippen molar-refractivity contribution in [2.75, 3.05) is 31.6 Å². The van der Waals surface area contributed by atoms with E-state index in [1.54, 1.807) is 7.05 Å². The van der Waals surface area contributed by atoms with Gasteiger partial charge in [-0.2, -0.15) is 0 Å². The molecule has 0 aliphatic carbocycles. The number of carbonyl (C=O) groups is 1. The van der Waals surface area contributed by atoms with Gasteiger partial charge in [-0.15, -0.1) is 24.0 Å². The van der Waals surface area contributed by atoms with E-state index in [0.717, 1.165) is 62.7 Å². The molecule has 31 heavy (non-hydrogen) atoms. The number of piperidine rings is 1. The fraction of sp³-hybridized carbons (Fsp3) is 0.435. The molecule has 0 spiro atoms. The Labute approximate surface area is 201 Å². The zero-order chi connectivity index (χ0) is 21.2. The first kappa shape index (κ1) is 24.9. The Kier molecular flexibility index (Phi) is 10.6. The molecule has 8 heteroatoms. The van der Waals surface area contributed by atoms with Gasteiger partial charge in [0.2, 0.25) is 5.91 Å². The third kappa shape index (κ3) is 7.68. The summed E-state index contributed by atoms with van der Waals surface area (Å²) in [5.74, 6) is 1.53. The van der Waals surface area contributed by atoms with Crippen LogP contribution in [0, 0.1) is 5.92 Å². The van der Waals surface area contributed by atoms with Crippen LogP contribution in [0.25, 0.3) is 0 Å². The molecule has 3 rings (SSSR count). The van der Waals surface area contributed by atoms with Crippen molar-refractivity contribution in [3.8, 4) is 0 Å². The monoisotopic (exact) mass is 536 g/mol. The number of hydrogen-bond donors (Lipinski definition) is 3. The fourth-order valence-corrected chi connectivity index (χ4v) is 3.77. The second-order valence-electron chi connectivity index (χ2n) is 7.59. The number of carbonyl (C=O) groups excluding carboxylic acids is 1. The number of aromatic nitrogens is 1. The number of primary amides is 1. The third-order valence-corrected chi connectivity index (χ3v) is 5.51. The molecule has 1 aliphatic rings. The number of anilines is 1. The van der Waals surface area contributed by atoms with Gasteiger partial charge in [-0.3, -0.25) is 9.79 Å². The Morgan fingerprint density at radius 2 is 1.90 bits per heavy atom. The van der Waals surface area contributed by atoms with Crippen LogP contribution in [0.3, 0.4) is 0 Å². The van der Waals surface area contributed by atoms with Gasteiger partial charge in [0.05, 0.1) is 0 Å². The molecule has 1 aromatic carbocycles. The molecule has 1 aromatic heterocycles. The molecule has 0 bridgehead atoms. The summed E-state index contributed by atoms with van der Waals surface area (Å²) in [6, 6.07) is 14.5. The third-order valence-electron chi connectivity index (χ3n) is 5.51. The summed E-state index contributed by atoms with van der Waals surface area (Å²) >= 11 is 0. The number of rotatable bonds is 8. The van der Waals surface area contributed by atoms with E-state index in [4.69, 9.17) is 5.73 Å². The van der Waals surface area contributed by atoms with Crippen LogP contribution in [0.5, 0.6) is 0 Å². The minimum atomic E-state index is -0.195. The van der Waals surface area contributed by atoms with Crippen LogP contribution < -0.4 is 21.3 Å². The highest BCUT2D eigenvalue weighted by atomic mass is 127. The van der Waals surface area contributed by atoms with Gasteiger partial charge in [-0.25, -0.2) is 4.98 Å². The number of halogens is 1. The lowest BCUT2D eigenvalue weighted by Crippen LogP contribution is -2.40. The Hall–Kier alpha value is -2.36. The smallest absolute Gasteiger partial charge is 0.220 e. The van der Waals surface area contributed by atoms with Crippen molar-refractivity contribution in [3.63, 3.8) is 0 Å². The van der Waals surface area contributed by atoms with Crippen LogP contribution >= 0.6 is 24.0 Å². The zero-order valence-corrected chi connectivity index (χ0v) is 20.4. The van der Waals surface area contributed by atoms with Crippen molar-refractivity contribution in [1.29, 1.82) is 0 Å². The van der Waals surface area contributed by atoms with E-state index in [-0.39, 0.29) is 35.8 Å². The van der Waals surface area contributed by atoms with Gasteiger partial charge < -0.3 is 21.3 Å². The number of benzene rings is 1. The van der Waals surface area contributed by atoms with Crippen LogP contribution in [0.15, 0.2) is 53.7 Å². The number of nitrogens with zero attached hydrogens (tertiary/aromatic N) is 3. The number of hydrogen-bond acceptors (Lipinski definition) is 4. The summed E-state index contributed by atoms with van der Waals surface area (Å²) in [4.78, 5) is 22.6. The number of pyridine rings is 1. The molecule has 2 heterocycles. The van der Waals surface area contributed by atoms with Crippen LogP contribution in [0.1, 0.15) is 30.4 Å². The summed E-state index contributed by atoms with van der Waals surface area (Å²) in [6.45, 7) is 3.08. The van der Waals surface area contributed by atoms with E-state index in [0.29, 0.717) is 6.54 Å². The van der Waals surface area contributed by atoms with Gasteiger partial charge in [0.1, 0.15) is 5.82 Å². The molecule has 2 aromatic rings. The lowest BCUT2D eigenvalue weighted by atomic mass is 9.96. The Morgan fingerprint density at radius 1 is 1.16 bits per heavy atom. The predicted molar refractivity (Wildman–Crippen MR) is 137 cm³/mol. The highest BCUT2D eigenvalue weighted by Gasteiger charge is 2.24. The highest BCUT2D eigenvalue weighted by molar-refractivity contribution is 14.0. The van der Waals surface area contributed by atoms with E-state index in [1.807, 2.05) is 18.3 Å². The minimum Gasteiger partial charge on any atom is -0.369 e. The molecule has 1 saturated heterocycles. The highest BCUT2D eigenvalue weighted by Crippen LogP contribution is 2.24. The second kappa shape index (κ2) is 13.1. The molecule has 0 saturated carbocycles. The summed E-state index contributed by atoms with van der Waals surface area (Å²) < 4.78 is 0. The van der Waals surface area contributed by atoms with Crippen molar-refractivity contribution in [2.24, 2.45) is 16.6 Å². The van der Waals surface area contributed by atoms with Crippen molar-refractivity contribution in [2.45, 2.75) is 32.2 Å². The van der Waals surface area contributed by atoms with Crippen molar-refractivity contribution in [1.82, 2.24) is 15.6 Å². The van der Waals surface area contributed by atoms with Crippen molar-refractivity contribution < 1.29 is 4.79 Å². The molecule has 1 amide bonds. The van der Waals surface area contributed by atoms with Gasteiger partial charge >= 0.3 is 0 Å². The van der Waals surface area contributed by atoms with Crippen molar-refractivity contribution in [3.05, 3.63) is 59.8 Å². The quantitative estimate of drug-likeness (QED) is 0.209. The average molecular weight is 536 g/mol. The maximum Gasteiger partial charge on any atom is 0.220 e. The number of guanidine groups is 1. The molecule has 168 valence electrons. The topological polar surface area (TPSA) is 95.6 Å². The molecular formula is C23H33IN6O. The van der Waals surface area contributed by atoms with Crippen molar-refractivity contribution >= 4 is 41.7 Å². The standard InChI is InChI=1S/C23H32N6O.HI/c1-25-23(27-14-5-9-18-7-3-2-4-8-18)28-17-20-10-6-13-26-22(20)29-15-11-19(12-16-29)21(24)30;/h2-4,6-8,10,13,19H,5,9,11-12,14-17H2,1H3,(H2,24,30)(H2,25,27,28);1H. The number of nitrogens with two attached hydrogens (primary N) is 1. The predicted octanol–water partition coefficient (Wildman–Crippen LogP) is 2.70. The molecular weight excluding hydrogens is 503 g/mol. The maximum absolute atomic E-state index is 11.4. The largest absolute Gasteiger partial charge is 0.369 e. The summed E-state index contributed by atoms with van der Waals surface area (Å²) in [5.41, 5.74) is 7.92. The van der Waals surface area contributed by atoms with Gasteiger partial charge in [-0.05, 0) is 37.3 Å². The van der Waals surface area contributed by atoms with Crippen LogP contribution in [0.2, 0.25) is 0 Å². The SMILES string of the molecule is CN=C(NCCCc1ccccc1)NCc1cccnc1N1CCC(C(N)=O)CC1.I. The van der Waals surface area contributed by atoms with Gasteiger partial charge in [0.25, 0.3) is 0 Å². The Balaban J connectivity index is 0.00000341. The molecule has 0 unspecified atom stereocenters. The molecule has 1 fully saturated rings. The van der Waals surface area contributed by atoms with E-state index < -0.39 is 0 Å². The first-order chi connectivity index (χ1) is 14.7. The molecule has 1 aliphatic heterocycles. The number of amides is 1. The molecule has 0 atom stereocenters. The van der Waals surface area contributed by atoms with E-state index >= 15 is 0 Å². The first-order valence-electron chi connectivity index (χ1n) is 10.6. The van der Waals surface area contributed by atoms with Gasteiger partial charge in [0.15, 0.2) is 5.96 Å². The Morgan fingerprint density at radius 3 is 2.58 bits per heavy atom. The number of aliphatic imine (C=N–C) groups is 1. The second-order valence-corrected chi connectivity index (χ2v) is 7.59. The first-order valence-corrected chi connectivity index (χ1v) is 10.6. The van der Waals surface area contributed by atoms with Crippen LogP contribution in [-0.2, 0) is 17.8 Å². The maximum atomic E-state index is 11.4. The summed E-state index contributed by atoms with van der Waals surface area (Å²) in [6.07, 6.45) is 5.46. The average Bonchev–Trinajstić information content (AvgIpc) is 2.79. The summed E-state index contributed by atoms with van der Waals surface area (Å²) in [7, 11) is 1.78. The van der Waals surface area contributed by atoms with Crippen LogP contribution in [0.4, 0.5) is 5.82 Å². The summed E-state index contributed by atoms with van der Waals surface area (Å²) in [5, 5.41) is 6.77. The number of aryl methyl sites for hydroxylation is 1. The normalized spacial score (nSPS) is 14.6. The zero-order valence-electron chi connectivity index (χ0n) is 18.1. The Bertz CT molecular complexity index is 837. The fourth-order valence-electron chi connectivity index (χ4n) is 3.77. The minimum absolute atomic E-state index is 0.